The molecule has 0 atom stereocenters. The lowest BCUT2D eigenvalue weighted by Gasteiger charge is -2.19. The van der Waals surface area contributed by atoms with Crippen LogP contribution in [0.25, 0.3) is 33.4 Å². The van der Waals surface area contributed by atoms with Crippen molar-refractivity contribution in [2.45, 2.75) is 0 Å². The van der Waals surface area contributed by atoms with E-state index in [1.165, 1.54) is 6.07 Å². The van der Waals surface area contributed by atoms with E-state index in [9.17, 15) is 19.8 Å². The first-order valence-corrected chi connectivity index (χ1v) is 13.3. The maximum atomic E-state index is 12.6. The Kier molecular flexibility index (Phi) is 7.13. The maximum Gasteiger partial charge on any atom is 0.336 e. The summed E-state index contributed by atoms with van der Waals surface area (Å²) in [4.78, 5) is 28.7. The number of hydrogen-bond acceptors (Lipinski definition) is 6. The lowest BCUT2D eigenvalue weighted by atomic mass is 9.90. The quantitative estimate of drug-likeness (QED) is 0.0985. The number of nitrogens with zero attached hydrogens (tertiary/aromatic N) is 1. The van der Waals surface area contributed by atoms with Crippen molar-refractivity contribution in [1.82, 2.24) is 0 Å². The monoisotopic (exact) mass is 893 g/mol. The molecule has 1 aliphatic carbocycles. The van der Waals surface area contributed by atoms with Crippen LogP contribution < -0.4 is 5.43 Å². The van der Waals surface area contributed by atoms with E-state index in [-0.39, 0.29) is 16.7 Å². The zero-order valence-corrected chi connectivity index (χ0v) is 24.8. The predicted molar refractivity (Wildman–Crippen MR) is 159 cm³/mol. The van der Waals surface area contributed by atoms with Gasteiger partial charge in [0.25, 0.3) is 0 Å². The van der Waals surface area contributed by atoms with Gasteiger partial charge in [0, 0.05) is 16.5 Å². The second kappa shape index (κ2) is 9.40. The molecule has 6 nitrogen and oxygen atoms in total. The van der Waals surface area contributed by atoms with Crippen molar-refractivity contribution in [3.63, 3.8) is 0 Å². The summed E-state index contributed by atoms with van der Waals surface area (Å²) in [7, 11) is 0. The smallest absolute Gasteiger partial charge is 0.336 e. The number of carboxylic acids is 1. The fraction of sp³-hybridized carbons (Fsp3) is 0. The Morgan fingerprint density at radius 3 is 2.41 bits per heavy atom. The highest BCUT2D eigenvalue weighted by molar-refractivity contribution is 14.1. The highest BCUT2D eigenvalue weighted by atomic mass is 127. The molecule has 2 aliphatic rings. The van der Waals surface area contributed by atoms with Gasteiger partial charge in [0.05, 0.1) is 27.1 Å². The van der Waals surface area contributed by atoms with E-state index in [0.29, 0.717) is 53.4 Å². The number of isothiocyanates is 1. The van der Waals surface area contributed by atoms with Crippen LogP contribution in [0.2, 0.25) is 0 Å². The molecule has 2 N–H and O–H groups in total. The van der Waals surface area contributed by atoms with Crippen LogP contribution in [0.4, 0.5) is 5.69 Å². The van der Waals surface area contributed by atoms with Gasteiger partial charge in [0.15, 0.2) is 11.3 Å². The number of carbonyl (C=O) groups is 1. The molecule has 1 heterocycles. The summed E-state index contributed by atoms with van der Waals surface area (Å²) in [5.74, 6) is -0.759. The number of aliphatic imine (C=N–C) groups is 1. The Hall–Kier alpha value is -0.880. The molecule has 0 saturated heterocycles. The Bertz CT molecular complexity index is 1540. The number of hydrogen-bond donors (Lipinski definition) is 2. The van der Waals surface area contributed by atoms with Gasteiger partial charge in [0.1, 0.15) is 9.32 Å². The first-order chi connectivity index (χ1) is 15.1. The predicted octanol–water partition coefficient (Wildman–Crippen LogP) is 7.12. The minimum atomic E-state index is -1.14. The second-order valence-corrected chi connectivity index (χ2v) is 11.2. The van der Waals surface area contributed by atoms with Gasteiger partial charge in [-0.2, -0.15) is 4.99 Å². The summed E-state index contributed by atoms with van der Waals surface area (Å²) in [6.07, 6.45) is 0. The Balaban J connectivity index is 2.30. The highest BCUT2D eigenvalue weighted by Gasteiger charge is 2.27. The third-order valence-corrected chi connectivity index (χ3v) is 8.40. The molecule has 0 amide bonds. The molecular formula is C21H7I4NO5S. The van der Waals surface area contributed by atoms with Gasteiger partial charge in [-0.15, -0.1) is 0 Å². The van der Waals surface area contributed by atoms with Crippen molar-refractivity contribution in [3.05, 3.63) is 60.4 Å². The number of thiocarbonyl (C=S) groups is 1. The van der Waals surface area contributed by atoms with Crippen LogP contribution in [0.15, 0.2) is 44.5 Å². The molecule has 0 saturated carbocycles. The van der Waals surface area contributed by atoms with Crippen molar-refractivity contribution in [3.8, 4) is 28.2 Å². The number of fused-ring (bicyclic) bond motifs is 2. The molecule has 0 radical (unpaired) electrons. The summed E-state index contributed by atoms with van der Waals surface area (Å²) in [6, 6.07) is 8.16. The van der Waals surface area contributed by atoms with Crippen LogP contribution in [0, 0.1) is 14.3 Å². The number of phenolic OH excluding ortho intramolecular Hbond substituents is 1. The lowest BCUT2D eigenvalue weighted by Crippen LogP contribution is -2.12. The molecule has 2 aromatic rings. The number of phenols is 1. The van der Waals surface area contributed by atoms with E-state index in [0.717, 1.165) is 0 Å². The molecule has 32 heavy (non-hydrogen) atoms. The zero-order chi connectivity index (χ0) is 23.3. The van der Waals surface area contributed by atoms with Gasteiger partial charge in [-0.25, -0.2) is 4.79 Å². The fourth-order valence-corrected chi connectivity index (χ4v) is 7.02. The van der Waals surface area contributed by atoms with Crippen molar-refractivity contribution in [2.75, 3.05) is 0 Å². The fourth-order valence-electron chi connectivity index (χ4n) is 3.33. The van der Waals surface area contributed by atoms with Crippen molar-refractivity contribution >= 4 is 130 Å². The van der Waals surface area contributed by atoms with E-state index < -0.39 is 5.97 Å². The molecule has 2 aromatic carbocycles. The summed E-state index contributed by atoms with van der Waals surface area (Å²) in [6.45, 7) is 0. The van der Waals surface area contributed by atoms with E-state index >= 15 is 0 Å². The highest BCUT2D eigenvalue weighted by Crippen LogP contribution is 2.46. The Labute approximate surface area is 240 Å². The number of aromatic hydroxyl groups is 1. The SMILES string of the molecule is O=C(O)c1cc(N=C=S)ccc1-c1c2cc(I)c(=O)c(I)c-2oc2c(I)c(O)c(I)cc12. The first kappa shape index (κ1) is 24.3. The van der Waals surface area contributed by atoms with Gasteiger partial charge in [-0.05, 0) is 132 Å². The Morgan fingerprint density at radius 1 is 1.03 bits per heavy atom. The first-order valence-electron chi connectivity index (χ1n) is 8.56. The molecule has 11 heteroatoms. The molecule has 0 bridgehead atoms. The lowest BCUT2D eigenvalue weighted by molar-refractivity contribution is 0.0697. The van der Waals surface area contributed by atoms with E-state index in [2.05, 4.69) is 22.4 Å². The molecular weight excluding hydrogens is 886 g/mol. The van der Waals surface area contributed by atoms with Crippen LogP contribution in [-0.4, -0.2) is 21.3 Å². The molecule has 0 aromatic heterocycles. The standard InChI is InChI=1S/C21H7I4NO5S/c22-12-4-10-14(8-2-1-7(26-6-32)3-9(8)21(29)30)11-5-13(23)18(28)16(25)20(11)31-19(10)15(24)17(12)27/h1-5,27H,(H,29,30). The molecule has 4 rings (SSSR count). The topological polar surface area (TPSA) is 100 Å². The average molecular weight is 893 g/mol. The molecule has 0 unspecified atom stereocenters. The third kappa shape index (κ3) is 4.08. The minimum absolute atomic E-state index is 0.0135. The number of carboxylic acid groups (broad SMARTS) is 1. The average Bonchev–Trinajstić information content (AvgIpc) is 2.76. The van der Waals surface area contributed by atoms with E-state index in [1.54, 1.807) is 24.3 Å². The number of aromatic carboxylic acids is 1. The summed E-state index contributed by atoms with van der Waals surface area (Å²) < 4.78 is 8.04. The Morgan fingerprint density at radius 2 is 1.75 bits per heavy atom. The summed E-state index contributed by atoms with van der Waals surface area (Å²) in [5, 5.41) is 23.3. The minimum Gasteiger partial charge on any atom is -0.506 e. The van der Waals surface area contributed by atoms with Crippen molar-refractivity contribution < 1.29 is 19.4 Å². The van der Waals surface area contributed by atoms with Crippen molar-refractivity contribution in [1.29, 1.82) is 0 Å². The van der Waals surface area contributed by atoms with Gasteiger partial charge >= 0.3 is 5.97 Å². The van der Waals surface area contributed by atoms with Crippen molar-refractivity contribution in [2.24, 2.45) is 4.99 Å². The summed E-state index contributed by atoms with van der Waals surface area (Å²) in [5.41, 5.74) is 2.17. The number of rotatable bonds is 3. The normalized spacial score (nSPS) is 11.0. The zero-order valence-electron chi connectivity index (χ0n) is 15.4. The van der Waals surface area contributed by atoms with Gasteiger partial charge in [-0.1, -0.05) is 6.07 Å². The largest absolute Gasteiger partial charge is 0.506 e. The molecule has 0 spiro atoms. The molecule has 0 fully saturated rings. The van der Waals surface area contributed by atoms with Crippen LogP contribution >= 0.6 is 103 Å². The maximum absolute atomic E-state index is 12.6. The summed E-state index contributed by atoms with van der Waals surface area (Å²) >= 11 is 12.5. The third-order valence-electron chi connectivity index (χ3n) is 4.70. The van der Waals surface area contributed by atoms with Crippen LogP contribution in [0.5, 0.6) is 5.75 Å². The number of benzene rings is 3. The van der Waals surface area contributed by atoms with Gasteiger partial charge < -0.3 is 14.6 Å². The second-order valence-electron chi connectivity index (χ2n) is 6.49. The van der Waals surface area contributed by atoms with Gasteiger partial charge in [-0.3, -0.25) is 4.79 Å². The molecule has 160 valence electrons. The molecule has 1 aliphatic heterocycles. The number of halogens is 4. The van der Waals surface area contributed by atoms with Crippen LogP contribution in [0.1, 0.15) is 10.4 Å². The van der Waals surface area contributed by atoms with Crippen LogP contribution in [-0.2, 0) is 0 Å². The van der Waals surface area contributed by atoms with Gasteiger partial charge in [0.2, 0.25) is 5.43 Å². The van der Waals surface area contributed by atoms with E-state index in [4.69, 9.17) is 4.42 Å². The van der Waals surface area contributed by atoms with Crippen LogP contribution in [0.3, 0.4) is 0 Å². The van der Waals surface area contributed by atoms with E-state index in [1.807, 2.05) is 90.4 Å².